The van der Waals surface area contributed by atoms with E-state index in [4.69, 9.17) is 0 Å². The van der Waals surface area contributed by atoms with Crippen molar-refractivity contribution in [2.24, 2.45) is 5.92 Å². The summed E-state index contributed by atoms with van der Waals surface area (Å²) < 4.78 is 28.0. The fourth-order valence-corrected chi connectivity index (χ4v) is 5.96. The van der Waals surface area contributed by atoms with Gasteiger partial charge in [-0.1, -0.05) is 13.8 Å². The van der Waals surface area contributed by atoms with Crippen LogP contribution in [-0.4, -0.2) is 32.4 Å². The molecule has 1 fully saturated rings. The van der Waals surface area contributed by atoms with E-state index in [0.29, 0.717) is 23.9 Å². The van der Waals surface area contributed by atoms with Gasteiger partial charge in [-0.25, -0.2) is 8.42 Å². The predicted octanol–water partition coefficient (Wildman–Crippen LogP) is 2.98. The van der Waals surface area contributed by atoms with Gasteiger partial charge in [0.05, 0.1) is 0 Å². The molecule has 0 aliphatic heterocycles. The Morgan fingerprint density at radius 1 is 1.43 bits per heavy atom. The van der Waals surface area contributed by atoms with Crippen LogP contribution in [-0.2, 0) is 16.6 Å². The zero-order valence-corrected chi connectivity index (χ0v) is 15.0. The molecule has 0 radical (unpaired) electrons. The molecule has 1 aliphatic rings. The van der Waals surface area contributed by atoms with Crippen LogP contribution in [0.25, 0.3) is 0 Å². The molecule has 1 heterocycles. The van der Waals surface area contributed by atoms with Crippen molar-refractivity contribution in [2.75, 3.05) is 13.6 Å². The Morgan fingerprint density at radius 2 is 2.10 bits per heavy atom. The van der Waals surface area contributed by atoms with E-state index in [-0.39, 0.29) is 6.04 Å². The number of hydrogen-bond donors (Lipinski definition) is 1. The van der Waals surface area contributed by atoms with Crippen LogP contribution in [0.15, 0.2) is 10.3 Å². The lowest BCUT2D eigenvalue weighted by Gasteiger charge is -2.23. The molecule has 6 heteroatoms. The second kappa shape index (κ2) is 6.77. The third-order valence-corrected chi connectivity index (χ3v) is 7.19. The van der Waals surface area contributed by atoms with E-state index in [2.05, 4.69) is 19.2 Å². The first kappa shape index (κ1) is 16.9. The summed E-state index contributed by atoms with van der Waals surface area (Å²) in [6, 6.07) is 0.218. The molecular formula is C15H26N2O2S2. The lowest BCUT2D eigenvalue weighted by Crippen LogP contribution is -2.35. The van der Waals surface area contributed by atoms with Crippen LogP contribution < -0.4 is 5.32 Å². The molecule has 21 heavy (non-hydrogen) atoms. The van der Waals surface area contributed by atoms with Gasteiger partial charge in [-0.3, -0.25) is 0 Å². The van der Waals surface area contributed by atoms with Crippen molar-refractivity contribution < 1.29 is 8.42 Å². The summed E-state index contributed by atoms with van der Waals surface area (Å²) >= 11 is 1.53. The second-order valence-corrected chi connectivity index (χ2v) is 9.02. The highest BCUT2D eigenvalue weighted by Crippen LogP contribution is 2.36. The van der Waals surface area contributed by atoms with Crippen molar-refractivity contribution >= 4 is 21.4 Å². The maximum atomic E-state index is 13.1. The van der Waals surface area contributed by atoms with Gasteiger partial charge < -0.3 is 5.32 Å². The minimum atomic E-state index is -3.37. The van der Waals surface area contributed by atoms with Crippen molar-refractivity contribution in [2.45, 2.75) is 57.5 Å². The van der Waals surface area contributed by atoms with Gasteiger partial charge in [0.1, 0.15) is 4.90 Å². The van der Waals surface area contributed by atoms with E-state index >= 15 is 0 Å². The summed E-state index contributed by atoms with van der Waals surface area (Å²) in [6.07, 6.45) is 2.92. The molecule has 0 aromatic carbocycles. The molecule has 0 bridgehead atoms. The first-order valence-corrected chi connectivity index (χ1v) is 9.93. The van der Waals surface area contributed by atoms with Crippen molar-refractivity contribution in [1.82, 2.24) is 9.62 Å². The van der Waals surface area contributed by atoms with Crippen molar-refractivity contribution in [3.8, 4) is 0 Å². The fourth-order valence-electron chi connectivity index (χ4n) is 2.48. The summed E-state index contributed by atoms with van der Waals surface area (Å²) in [4.78, 5) is 1.46. The molecule has 1 saturated carbocycles. The molecular weight excluding hydrogens is 304 g/mol. The highest BCUT2D eigenvalue weighted by molar-refractivity contribution is 7.89. The molecule has 2 rings (SSSR count). The standard InChI is InChI=1S/C15H26N2O2S2/c1-11(2)7-8-17(13-5-6-13)21(18,19)15-12(3)10-20-14(15)9-16-4/h10-11,13,16H,5-9H2,1-4H3. The van der Waals surface area contributed by atoms with Gasteiger partial charge in [0, 0.05) is 24.0 Å². The average Bonchev–Trinajstić information content (AvgIpc) is 3.13. The van der Waals surface area contributed by atoms with Crippen molar-refractivity contribution in [1.29, 1.82) is 0 Å². The van der Waals surface area contributed by atoms with Crippen LogP contribution in [0.4, 0.5) is 0 Å². The van der Waals surface area contributed by atoms with Gasteiger partial charge in [-0.2, -0.15) is 4.31 Å². The molecule has 0 amide bonds. The molecule has 4 nitrogen and oxygen atoms in total. The molecule has 1 aromatic heterocycles. The zero-order chi connectivity index (χ0) is 15.6. The van der Waals surface area contributed by atoms with Crippen LogP contribution in [0.1, 0.15) is 43.6 Å². The monoisotopic (exact) mass is 330 g/mol. The molecule has 0 unspecified atom stereocenters. The number of nitrogens with one attached hydrogen (secondary N) is 1. The first-order valence-electron chi connectivity index (χ1n) is 7.61. The minimum Gasteiger partial charge on any atom is -0.315 e. The fraction of sp³-hybridized carbons (Fsp3) is 0.733. The smallest absolute Gasteiger partial charge is 0.244 e. The average molecular weight is 331 g/mol. The zero-order valence-electron chi connectivity index (χ0n) is 13.3. The van der Waals surface area contributed by atoms with E-state index in [9.17, 15) is 8.42 Å². The van der Waals surface area contributed by atoms with E-state index in [0.717, 1.165) is 29.7 Å². The Morgan fingerprint density at radius 3 is 2.62 bits per heavy atom. The number of thiophene rings is 1. The van der Waals surface area contributed by atoms with Gasteiger partial charge in [0.25, 0.3) is 0 Å². The molecule has 0 atom stereocenters. The Labute approximate surface area is 132 Å². The van der Waals surface area contributed by atoms with Crippen LogP contribution in [0.5, 0.6) is 0 Å². The van der Waals surface area contributed by atoms with Crippen LogP contribution in [0.3, 0.4) is 0 Å². The molecule has 1 aliphatic carbocycles. The van der Waals surface area contributed by atoms with Crippen molar-refractivity contribution in [3.63, 3.8) is 0 Å². The van der Waals surface area contributed by atoms with Crippen LogP contribution in [0, 0.1) is 12.8 Å². The molecule has 0 saturated heterocycles. The van der Waals surface area contributed by atoms with Crippen molar-refractivity contribution in [3.05, 3.63) is 15.8 Å². The quantitative estimate of drug-likeness (QED) is 0.797. The van der Waals surface area contributed by atoms with E-state index in [1.165, 1.54) is 11.3 Å². The third kappa shape index (κ3) is 3.86. The summed E-state index contributed by atoms with van der Waals surface area (Å²) in [5.74, 6) is 0.516. The molecule has 120 valence electrons. The van der Waals surface area contributed by atoms with Gasteiger partial charge >= 0.3 is 0 Å². The van der Waals surface area contributed by atoms with E-state index < -0.39 is 10.0 Å². The summed E-state index contributed by atoms with van der Waals surface area (Å²) in [6.45, 7) is 7.42. The maximum Gasteiger partial charge on any atom is 0.244 e. The Bertz CT molecular complexity index is 574. The Kier molecular flexibility index (Phi) is 5.46. The normalized spacial score (nSPS) is 16.1. The van der Waals surface area contributed by atoms with E-state index in [1.54, 1.807) is 4.31 Å². The van der Waals surface area contributed by atoms with E-state index in [1.807, 2.05) is 19.4 Å². The topological polar surface area (TPSA) is 49.4 Å². The summed E-state index contributed by atoms with van der Waals surface area (Å²) in [7, 11) is -1.52. The number of sulfonamides is 1. The summed E-state index contributed by atoms with van der Waals surface area (Å²) in [5, 5.41) is 5.02. The van der Waals surface area contributed by atoms with Gasteiger partial charge in [0.2, 0.25) is 10.0 Å². The Balaban J connectivity index is 2.32. The molecule has 1 aromatic rings. The first-order chi connectivity index (χ1) is 9.87. The highest BCUT2D eigenvalue weighted by atomic mass is 32.2. The molecule has 1 N–H and O–H groups in total. The summed E-state index contributed by atoms with van der Waals surface area (Å²) in [5.41, 5.74) is 0.875. The van der Waals surface area contributed by atoms with Crippen LogP contribution in [0.2, 0.25) is 0 Å². The lowest BCUT2D eigenvalue weighted by molar-refractivity contribution is 0.373. The number of nitrogens with zero attached hydrogens (tertiary/aromatic N) is 1. The largest absolute Gasteiger partial charge is 0.315 e. The van der Waals surface area contributed by atoms with Gasteiger partial charge in [-0.05, 0) is 50.1 Å². The number of hydrogen-bond acceptors (Lipinski definition) is 4. The minimum absolute atomic E-state index is 0.218. The third-order valence-electron chi connectivity index (χ3n) is 3.77. The predicted molar refractivity (Wildman–Crippen MR) is 88.2 cm³/mol. The number of rotatable bonds is 8. The lowest BCUT2D eigenvalue weighted by atomic mass is 10.1. The molecule has 0 spiro atoms. The van der Waals surface area contributed by atoms with Crippen LogP contribution >= 0.6 is 11.3 Å². The highest BCUT2D eigenvalue weighted by Gasteiger charge is 2.39. The second-order valence-electron chi connectivity index (χ2n) is 6.23. The Hall–Kier alpha value is -0.430. The SMILES string of the molecule is CNCc1scc(C)c1S(=O)(=O)N(CCC(C)C)C1CC1. The maximum absolute atomic E-state index is 13.1. The van der Waals surface area contributed by atoms with Gasteiger partial charge in [-0.15, -0.1) is 11.3 Å². The van der Waals surface area contributed by atoms with Gasteiger partial charge in [0.15, 0.2) is 0 Å². The number of aryl methyl sites for hydroxylation is 1.